The molecule has 0 aliphatic heterocycles. The summed E-state index contributed by atoms with van der Waals surface area (Å²) in [6, 6.07) is 7.70. The van der Waals surface area contributed by atoms with Gasteiger partial charge in [-0.2, -0.15) is 0 Å². The van der Waals surface area contributed by atoms with E-state index in [0.717, 1.165) is 17.9 Å². The van der Waals surface area contributed by atoms with Gasteiger partial charge in [0, 0.05) is 0 Å². The molecule has 0 radical (unpaired) electrons. The predicted octanol–water partition coefficient (Wildman–Crippen LogP) is 2.62. The molecule has 0 fully saturated rings. The molecule has 0 heterocycles. The highest BCUT2D eigenvalue weighted by Crippen LogP contribution is 2.27. The van der Waals surface area contributed by atoms with Crippen LogP contribution in [0.15, 0.2) is 24.3 Å². The highest BCUT2D eigenvalue weighted by Gasteiger charge is 2.05. The summed E-state index contributed by atoms with van der Waals surface area (Å²) in [5.74, 6) is 1.59. The molecule has 3 nitrogen and oxygen atoms in total. The van der Waals surface area contributed by atoms with Gasteiger partial charge in [-0.1, -0.05) is 12.1 Å². The molecular formula is C12H20ClNO2. The lowest BCUT2D eigenvalue weighted by Gasteiger charge is -2.14. The van der Waals surface area contributed by atoms with Crippen molar-refractivity contribution in [3.05, 3.63) is 24.3 Å². The number of halogens is 1. The van der Waals surface area contributed by atoms with E-state index in [-0.39, 0.29) is 18.5 Å². The zero-order chi connectivity index (χ0) is 11.1. The van der Waals surface area contributed by atoms with Crippen LogP contribution in [0.2, 0.25) is 0 Å². The van der Waals surface area contributed by atoms with Crippen molar-refractivity contribution in [1.29, 1.82) is 0 Å². The number of hydrogen-bond donors (Lipinski definition) is 1. The van der Waals surface area contributed by atoms with Gasteiger partial charge in [0.1, 0.15) is 0 Å². The van der Waals surface area contributed by atoms with Gasteiger partial charge in [-0.3, -0.25) is 0 Å². The first-order valence-corrected chi connectivity index (χ1v) is 5.32. The number of benzene rings is 1. The van der Waals surface area contributed by atoms with Crippen LogP contribution in [-0.4, -0.2) is 19.3 Å². The second-order valence-corrected chi connectivity index (χ2v) is 3.60. The van der Waals surface area contributed by atoms with Gasteiger partial charge in [0.15, 0.2) is 11.5 Å². The van der Waals surface area contributed by atoms with Crippen LogP contribution in [0.3, 0.4) is 0 Å². The molecular weight excluding hydrogens is 226 g/mol. The van der Waals surface area contributed by atoms with Gasteiger partial charge in [0.2, 0.25) is 0 Å². The van der Waals surface area contributed by atoms with Gasteiger partial charge in [0.05, 0.1) is 12.7 Å². The fourth-order valence-corrected chi connectivity index (χ4v) is 1.19. The first-order valence-electron chi connectivity index (χ1n) is 5.32. The Balaban J connectivity index is 0.00000225. The molecule has 92 valence electrons. The Morgan fingerprint density at radius 3 is 2.38 bits per heavy atom. The van der Waals surface area contributed by atoms with E-state index in [1.54, 1.807) is 0 Å². The Morgan fingerprint density at radius 1 is 1.19 bits per heavy atom. The van der Waals surface area contributed by atoms with E-state index in [1.807, 2.05) is 38.1 Å². The standard InChI is InChI=1S/C12H19NO2.ClH/c1-10(2)15-12-7-4-3-6-11(12)14-9-5-8-13;/h3-4,6-7,10H,5,8-9,13H2,1-2H3;1H. The third-order valence-corrected chi connectivity index (χ3v) is 1.82. The molecule has 0 bridgehead atoms. The lowest BCUT2D eigenvalue weighted by Crippen LogP contribution is -2.09. The zero-order valence-electron chi connectivity index (χ0n) is 9.81. The van der Waals surface area contributed by atoms with Crippen LogP contribution in [0.1, 0.15) is 20.3 Å². The minimum atomic E-state index is 0. The Hall–Kier alpha value is -0.930. The zero-order valence-corrected chi connectivity index (χ0v) is 10.6. The lowest BCUT2D eigenvalue weighted by molar-refractivity contribution is 0.220. The van der Waals surface area contributed by atoms with E-state index < -0.39 is 0 Å². The monoisotopic (exact) mass is 245 g/mol. The molecule has 4 heteroatoms. The second kappa shape index (κ2) is 8.25. The average Bonchev–Trinajstić information content (AvgIpc) is 2.20. The van der Waals surface area contributed by atoms with Gasteiger partial charge >= 0.3 is 0 Å². The predicted molar refractivity (Wildman–Crippen MR) is 68.6 cm³/mol. The molecule has 1 aromatic carbocycles. The highest BCUT2D eigenvalue weighted by atomic mass is 35.5. The van der Waals surface area contributed by atoms with E-state index in [0.29, 0.717) is 13.2 Å². The molecule has 1 rings (SSSR count). The van der Waals surface area contributed by atoms with Crippen molar-refractivity contribution in [3.63, 3.8) is 0 Å². The van der Waals surface area contributed by atoms with Crippen LogP contribution in [0.5, 0.6) is 11.5 Å². The summed E-state index contributed by atoms with van der Waals surface area (Å²) < 4.78 is 11.2. The van der Waals surface area contributed by atoms with Crippen LogP contribution < -0.4 is 15.2 Å². The molecule has 16 heavy (non-hydrogen) atoms. The first-order chi connectivity index (χ1) is 7.24. The molecule has 0 aromatic heterocycles. The number of para-hydroxylation sites is 2. The smallest absolute Gasteiger partial charge is 0.161 e. The fraction of sp³-hybridized carbons (Fsp3) is 0.500. The summed E-state index contributed by atoms with van der Waals surface area (Å²) in [5, 5.41) is 0. The molecule has 0 saturated heterocycles. The van der Waals surface area contributed by atoms with E-state index >= 15 is 0 Å². The van der Waals surface area contributed by atoms with Crippen LogP contribution in [0, 0.1) is 0 Å². The summed E-state index contributed by atoms with van der Waals surface area (Å²) in [6.07, 6.45) is 1.01. The summed E-state index contributed by atoms with van der Waals surface area (Å²) in [7, 11) is 0. The van der Waals surface area contributed by atoms with Gasteiger partial charge in [-0.15, -0.1) is 12.4 Å². The van der Waals surface area contributed by atoms with E-state index in [1.165, 1.54) is 0 Å². The average molecular weight is 246 g/mol. The summed E-state index contributed by atoms with van der Waals surface area (Å²) in [5.41, 5.74) is 5.40. The molecule has 0 aliphatic carbocycles. The number of nitrogens with two attached hydrogens (primary N) is 1. The van der Waals surface area contributed by atoms with Crippen LogP contribution in [0.4, 0.5) is 0 Å². The third-order valence-electron chi connectivity index (χ3n) is 1.82. The molecule has 2 N–H and O–H groups in total. The minimum absolute atomic E-state index is 0. The maximum absolute atomic E-state index is 5.62. The number of ether oxygens (including phenoxy) is 2. The topological polar surface area (TPSA) is 44.5 Å². The first kappa shape index (κ1) is 15.1. The van der Waals surface area contributed by atoms with Crippen molar-refractivity contribution in [1.82, 2.24) is 0 Å². The van der Waals surface area contributed by atoms with Crippen LogP contribution in [0.25, 0.3) is 0 Å². The van der Waals surface area contributed by atoms with Gasteiger partial charge in [0.25, 0.3) is 0 Å². The Morgan fingerprint density at radius 2 is 1.81 bits per heavy atom. The third kappa shape index (κ3) is 5.24. The normalized spacial score (nSPS) is 9.75. The maximum atomic E-state index is 5.62. The molecule has 0 amide bonds. The van der Waals surface area contributed by atoms with Crippen LogP contribution >= 0.6 is 12.4 Å². The Bertz CT molecular complexity index is 292. The van der Waals surface area contributed by atoms with E-state index in [9.17, 15) is 0 Å². The highest BCUT2D eigenvalue weighted by molar-refractivity contribution is 5.85. The fourth-order valence-electron chi connectivity index (χ4n) is 1.19. The van der Waals surface area contributed by atoms with Crippen molar-refractivity contribution in [2.75, 3.05) is 13.2 Å². The van der Waals surface area contributed by atoms with Gasteiger partial charge < -0.3 is 15.2 Å². The summed E-state index contributed by atoms with van der Waals surface area (Å²) >= 11 is 0. The molecule has 0 saturated carbocycles. The second-order valence-electron chi connectivity index (χ2n) is 3.60. The SMILES string of the molecule is CC(C)Oc1ccccc1OCCCN.Cl. The van der Waals surface area contributed by atoms with Crippen molar-refractivity contribution < 1.29 is 9.47 Å². The van der Waals surface area contributed by atoms with E-state index in [4.69, 9.17) is 15.2 Å². The van der Waals surface area contributed by atoms with E-state index in [2.05, 4.69) is 0 Å². The van der Waals surface area contributed by atoms with Crippen LogP contribution in [-0.2, 0) is 0 Å². The molecule has 0 spiro atoms. The summed E-state index contributed by atoms with van der Waals surface area (Å²) in [6.45, 7) is 5.27. The maximum Gasteiger partial charge on any atom is 0.161 e. The number of hydrogen-bond acceptors (Lipinski definition) is 3. The van der Waals surface area contributed by atoms with Crippen molar-refractivity contribution >= 4 is 12.4 Å². The molecule has 1 aromatic rings. The number of rotatable bonds is 6. The molecule has 0 atom stereocenters. The lowest BCUT2D eigenvalue weighted by atomic mass is 10.3. The van der Waals surface area contributed by atoms with Crippen molar-refractivity contribution in [2.24, 2.45) is 5.73 Å². The van der Waals surface area contributed by atoms with Crippen molar-refractivity contribution in [3.8, 4) is 11.5 Å². The largest absolute Gasteiger partial charge is 0.490 e. The molecule has 0 unspecified atom stereocenters. The Labute approximate surface area is 103 Å². The van der Waals surface area contributed by atoms with Gasteiger partial charge in [-0.05, 0) is 38.9 Å². The van der Waals surface area contributed by atoms with Crippen molar-refractivity contribution in [2.45, 2.75) is 26.4 Å². The quantitative estimate of drug-likeness (QED) is 0.784. The Kier molecular flexibility index (Phi) is 7.77. The summed E-state index contributed by atoms with van der Waals surface area (Å²) in [4.78, 5) is 0. The minimum Gasteiger partial charge on any atom is -0.490 e. The van der Waals surface area contributed by atoms with Gasteiger partial charge in [-0.25, -0.2) is 0 Å². The molecule has 0 aliphatic rings.